The summed E-state index contributed by atoms with van der Waals surface area (Å²) in [6.07, 6.45) is -7.17. The largest absolute Gasteiger partial charge is 0.504 e. The van der Waals surface area contributed by atoms with Crippen molar-refractivity contribution in [2.24, 2.45) is 11.8 Å². The van der Waals surface area contributed by atoms with Gasteiger partial charge in [-0.25, -0.2) is 9.59 Å². The molecule has 1 aromatic rings. The van der Waals surface area contributed by atoms with Crippen LogP contribution in [0.25, 0.3) is 6.08 Å². The quantitative estimate of drug-likeness (QED) is 0.141. The lowest BCUT2D eigenvalue weighted by molar-refractivity contribution is -0.346. The van der Waals surface area contributed by atoms with Crippen LogP contribution in [0.3, 0.4) is 0 Å². The van der Waals surface area contributed by atoms with E-state index in [1.54, 1.807) is 0 Å². The van der Waals surface area contributed by atoms with Gasteiger partial charge in [0.15, 0.2) is 17.8 Å². The number of carbonyl (C=O) groups excluding carboxylic acids is 2. The summed E-state index contributed by atoms with van der Waals surface area (Å²) in [4.78, 5) is 35.7. The molecule has 3 aliphatic rings. The number of hydrogen-bond donors (Lipinski definition) is 6. The van der Waals surface area contributed by atoms with Crippen LogP contribution in [0.1, 0.15) is 18.9 Å². The Balaban J connectivity index is 1.41. The Bertz CT molecular complexity index is 1160. The molecule has 9 atom stereocenters. The monoisotopic (exact) mass is 552 g/mol. The summed E-state index contributed by atoms with van der Waals surface area (Å²) in [5.74, 6) is -5.06. The lowest BCUT2D eigenvalue weighted by Gasteiger charge is -2.45. The Morgan fingerprint density at radius 1 is 1.08 bits per heavy atom. The third-order valence-electron chi connectivity index (χ3n) is 6.74. The van der Waals surface area contributed by atoms with Gasteiger partial charge >= 0.3 is 17.9 Å². The number of aliphatic hydroxyl groups is 3. The van der Waals surface area contributed by atoms with Crippen molar-refractivity contribution in [2.75, 3.05) is 6.61 Å². The first-order chi connectivity index (χ1) is 18.5. The number of ether oxygens (including phenoxy) is 5. The van der Waals surface area contributed by atoms with Crippen molar-refractivity contribution in [3.8, 4) is 11.5 Å². The van der Waals surface area contributed by atoms with Gasteiger partial charge in [-0.05, 0) is 30.7 Å². The zero-order chi connectivity index (χ0) is 28.4. The normalized spacial score (nSPS) is 34.4. The number of carbonyl (C=O) groups is 3. The van der Waals surface area contributed by atoms with Crippen LogP contribution in [0.2, 0.25) is 0 Å². The second kappa shape index (κ2) is 11.6. The molecule has 39 heavy (non-hydrogen) atoms. The number of carboxylic acids is 1. The Labute approximate surface area is 221 Å². The first-order valence-electron chi connectivity index (χ1n) is 12.0. The van der Waals surface area contributed by atoms with Crippen LogP contribution in [-0.4, -0.2) is 98.3 Å². The fraction of sp³-hybridized carbons (Fsp3) is 0.480. The van der Waals surface area contributed by atoms with Crippen molar-refractivity contribution < 1.29 is 68.7 Å². The second-order valence-electron chi connectivity index (χ2n) is 9.33. The zero-order valence-electron chi connectivity index (χ0n) is 20.5. The lowest BCUT2D eigenvalue weighted by Crippen LogP contribution is -2.61. The van der Waals surface area contributed by atoms with Crippen LogP contribution in [0.5, 0.6) is 11.5 Å². The molecule has 212 valence electrons. The van der Waals surface area contributed by atoms with E-state index in [4.69, 9.17) is 23.7 Å². The summed E-state index contributed by atoms with van der Waals surface area (Å²) < 4.78 is 27.0. The van der Waals surface area contributed by atoms with Crippen molar-refractivity contribution in [3.05, 3.63) is 41.7 Å². The van der Waals surface area contributed by atoms with Crippen LogP contribution in [0.15, 0.2) is 36.1 Å². The smallest absolute Gasteiger partial charge is 0.335 e. The van der Waals surface area contributed by atoms with E-state index < -0.39 is 79.5 Å². The molecule has 0 aromatic heterocycles. The summed E-state index contributed by atoms with van der Waals surface area (Å²) in [5.41, 5.74) is 0.237. The number of esters is 2. The number of phenolic OH excluding ortho intramolecular Hbond substituents is 2. The van der Waals surface area contributed by atoms with E-state index in [1.165, 1.54) is 31.2 Å². The second-order valence-corrected chi connectivity index (χ2v) is 9.33. The SMILES string of the molecule is C[C@H]1OC(=O)C[C@@H]2C(C(=O)O)=CO[C@@H](O[C@@H]3O[C@H](COC(=O)/C=C/c4ccc(O)c(O)c4)[C@@H](O)[C@H](O)[C@H]3O)[C@@H]21. The molecule has 0 spiro atoms. The maximum atomic E-state index is 12.2. The Hall–Kier alpha value is -3.69. The van der Waals surface area contributed by atoms with E-state index in [9.17, 15) is 45.0 Å². The van der Waals surface area contributed by atoms with Gasteiger partial charge in [0.1, 0.15) is 37.1 Å². The summed E-state index contributed by atoms with van der Waals surface area (Å²) in [5, 5.41) is 59.5. The number of aliphatic hydroxyl groups excluding tert-OH is 3. The molecule has 3 heterocycles. The average molecular weight is 552 g/mol. The van der Waals surface area contributed by atoms with Gasteiger partial charge in [0.05, 0.1) is 24.2 Å². The van der Waals surface area contributed by atoms with E-state index >= 15 is 0 Å². The van der Waals surface area contributed by atoms with Crippen molar-refractivity contribution in [3.63, 3.8) is 0 Å². The molecule has 0 aliphatic carbocycles. The predicted octanol–water partition coefficient (Wildman–Crippen LogP) is -0.629. The molecule has 3 aliphatic heterocycles. The van der Waals surface area contributed by atoms with Crippen LogP contribution >= 0.6 is 0 Å². The number of benzene rings is 1. The van der Waals surface area contributed by atoms with Gasteiger partial charge in [-0.2, -0.15) is 0 Å². The number of rotatable bonds is 7. The number of aliphatic carboxylic acids is 1. The first-order valence-corrected chi connectivity index (χ1v) is 12.0. The van der Waals surface area contributed by atoms with E-state index in [-0.39, 0.29) is 23.5 Å². The number of carboxylic acid groups (broad SMARTS) is 1. The molecule has 0 radical (unpaired) electrons. The highest BCUT2D eigenvalue weighted by atomic mass is 16.8. The molecular formula is C25H28O14. The minimum absolute atomic E-state index is 0.149. The topological polar surface area (TPSA) is 219 Å². The zero-order valence-corrected chi connectivity index (χ0v) is 20.5. The van der Waals surface area contributed by atoms with Crippen molar-refractivity contribution in [1.82, 2.24) is 0 Å². The third-order valence-corrected chi connectivity index (χ3v) is 6.74. The molecule has 0 amide bonds. The minimum Gasteiger partial charge on any atom is -0.504 e. The summed E-state index contributed by atoms with van der Waals surface area (Å²) in [7, 11) is 0. The van der Waals surface area contributed by atoms with Gasteiger partial charge < -0.3 is 54.3 Å². The van der Waals surface area contributed by atoms with E-state index in [0.29, 0.717) is 5.56 Å². The number of hydrogen-bond acceptors (Lipinski definition) is 13. The van der Waals surface area contributed by atoms with Gasteiger partial charge in [0.2, 0.25) is 6.29 Å². The van der Waals surface area contributed by atoms with Crippen LogP contribution in [0, 0.1) is 11.8 Å². The fourth-order valence-corrected chi connectivity index (χ4v) is 4.67. The molecule has 14 heteroatoms. The van der Waals surface area contributed by atoms with Gasteiger partial charge in [0.25, 0.3) is 0 Å². The molecule has 14 nitrogen and oxygen atoms in total. The van der Waals surface area contributed by atoms with Gasteiger partial charge in [0, 0.05) is 12.0 Å². The number of cyclic esters (lactones) is 1. The predicted molar refractivity (Wildman–Crippen MR) is 125 cm³/mol. The number of fused-ring (bicyclic) bond motifs is 1. The Morgan fingerprint density at radius 3 is 2.51 bits per heavy atom. The van der Waals surface area contributed by atoms with Crippen LogP contribution in [-0.2, 0) is 38.1 Å². The fourth-order valence-electron chi connectivity index (χ4n) is 4.67. The molecule has 4 rings (SSSR count). The van der Waals surface area contributed by atoms with Gasteiger partial charge in [-0.1, -0.05) is 6.07 Å². The maximum Gasteiger partial charge on any atom is 0.335 e. The van der Waals surface area contributed by atoms with Crippen LogP contribution < -0.4 is 0 Å². The highest BCUT2D eigenvalue weighted by Gasteiger charge is 2.52. The van der Waals surface area contributed by atoms with Crippen molar-refractivity contribution in [1.29, 1.82) is 0 Å². The standard InChI is InChI=1S/C25H28O14/c1-10-19-12(7-18(29)37-10)13(23(33)34)8-36-24(19)39-25-22(32)21(31)20(30)16(38-25)9-35-17(28)5-3-11-2-4-14(26)15(27)6-11/h2-6,8,10,12,16,19-22,24-27,30-32H,7,9H2,1H3,(H,33,34)/b5-3+/t10-,12-,16-,19-,20-,21+,22-,24+,25+/m1/s1. The highest BCUT2D eigenvalue weighted by molar-refractivity contribution is 5.88. The molecule has 0 saturated carbocycles. The third kappa shape index (κ3) is 6.15. The minimum atomic E-state index is -1.77. The summed E-state index contributed by atoms with van der Waals surface area (Å²) >= 11 is 0. The summed E-state index contributed by atoms with van der Waals surface area (Å²) in [6, 6.07) is 3.88. The maximum absolute atomic E-state index is 12.2. The molecule has 1 aromatic carbocycles. The van der Waals surface area contributed by atoms with Crippen molar-refractivity contribution >= 4 is 24.0 Å². The molecule has 6 N–H and O–H groups in total. The Kier molecular flexibility index (Phi) is 8.42. The molecule has 0 bridgehead atoms. The average Bonchev–Trinajstić information content (AvgIpc) is 2.88. The van der Waals surface area contributed by atoms with E-state index in [0.717, 1.165) is 12.3 Å². The number of aromatic hydroxyl groups is 2. The van der Waals surface area contributed by atoms with Crippen molar-refractivity contribution in [2.45, 2.75) is 56.4 Å². The molecule has 0 unspecified atom stereocenters. The summed E-state index contributed by atoms with van der Waals surface area (Å²) in [6.45, 7) is 0.981. The van der Waals surface area contributed by atoms with E-state index in [1.807, 2.05) is 0 Å². The Morgan fingerprint density at radius 2 is 1.82 bits per heavy atom. The van der Waals surface area contributed by atoms with Crippen LogP contribution in [0.4, 0.5) is 0 Å². The first kappa shape index (κ1) is 28.3. The molecule has 2 saturated heterocycles. The van der Waals surface area contributed by atoms with Gasteiger partial charge in [-0.15, -0.1) is 0 Å². The van der Waals surface area contributed by atoms with Gasteiger partial charge in [-0.3, -0.25) is 4.79 Å². The number of phenols is 2. The van der Waals surface area contributed by atoms with E-state index in [2.05, 4.69) is 0 Å². The molecular weight excluding hydrogens is 524 g/mol. The highest BCUT2D eigenvalue weighted by Crippen LogP contribution is 2.41. The molecule has 2 fully saturated rings. The lowest BCUT2D eigenvalue weighted by atomic mass is 9.77.